The number of rotatable bonds is 3. The average Bonchev–Trinajstić information content (AvgIpc) is 1.65. The van der Waals surface area contributed by atoms with Gasteiger partial charge in [0.15, 0.2) is 0 Å². The van der Waals surface area contributed by atoms with Gasteiger partial charge in [0.2, 0.25) is 0 Å². The Kier molecular flexibility index (Phi) is 4.97. The first-order chi connectivity index (χ1) is 3.66. The summed E-state index contributed by atoms with van der Waals surface area (Å²) in [6, 6.07) is 0. The zero-order valence-corrected chi connectivity index (χ0v) is 7.04. The van der Waals surface area contributed by atoms with Gasteiger partial charge < -0.3 is 0 Å². The molecule has 0 amide bonds. The van der Waals surface area contributed by atoms with Crippen molar-refractivity contribution >= 4 is 27.5 Å². The number of alkyl halides is 3. The summed E-state index contributed by atoms with van der Waals surface area (Å²) < 4.78 is 12.0. The predicted molar refractivity (Wildman–Crippen MR) is 38.6 cm³/mol. The van der Waals surface area contributed by atoms with Crippen LogP contribution < -0.4 is 0 Å². The molecule has 0 aromatic heterocycles. The van der Waals surface area contributed by atoms with E-state index in [0.717, 1.165) is 0 Å². The third-order valence-corrected chi connectivity index (χ3v) is 2.23. The van der Waals surface area contributed by atoms with Crippen molar-refractivity contribution in [2.45, 2.75) is 24.9 Å². The SMILES string of the molecule is CC(F)CC(Cl)CBr. The molecule has 0 nitrogen and oxygen atoms in total. The summed E-state index contributed by atoms with van der Waals surface area (Å²) in [6.45, 7) is 1.51. The lowest BCUT2D eigenvalue weighted by Crippen LogP contribution is -2.06. The van der Waals surface area contributed by atoms with Gasteiger partial charge in [-0.15, -0.1) is 11.6 Å². The Morgan fingerprint density at radius 2 is 2.25 bits per heavy atom. The zero-order valence-electron chi connectivity index (χ0n) is 4.70. The molecule has 0 spiro atoms. The van der Waals surface area contributed by atoms with Crippen molar-refractivity contribution in [3.8, 4) is 0 Å². The Morgan fingerprint density at radius 3 is 2.38 bits per heavy atom. The second kappa shape index (κ2) is 4.57. The minimum Gasteiger partial charge on any atom is -0.248 e. The van der Waals surface area contributed by atoms with Crippen LogP contribution in [0.1, 0.15) is 13.3 Å². The van der Waals surface area contributed by atoms with Crippen molar-refractivity contribution in [2.24, 2.45) is 0 Å². The predicted octanol–water partition coefficient (Wildman–Crippen LogP) is 2.74. The van der Waals surface area contributed by atoms with E-state index in [1.807, 2.05) is 0 Å². The molecule has 2 unspecified atom stereocenters. The summed E-state index contributed by atoms with van der Waals surface area (Å²) in [6.07, 6.45) is -0.345. The molecule has 2 atom stereocenters. The number of hydrogen-bond acceptors (Lipinski definition) is 0. The fourth-order valence-electron chi connectivity index (χ4n) is 0.415. The van der Waals surface area contributed by atoms with Crippen molar-refractivity contribution in [1.29, 1.82) is 0 Å². The molecule has 0 aliphatic carbocycles. The molecule has 8 heavy (non-hydrogen) atoms. The standard InChI is InChI=1S/C5H9BrClF/c1-4(8)2-5(7)3-6/h4-5H,2-3H2,1H3. The van der Waals surface area contributed by atoms with Crippen molar-refractivity contribution in [2.75, 3.05) is 5.33 Å². The normalized spacial score (nSPS) is 18.0. The van der Waals surface area contributed by atoms with Gasteiger partial charge in [-0.05, 0) is 13.3 Å². The van der Waals surface area contributed by atoms with Crippen molar-refractivity contribution in [1.82, 2.24) is 0 Å². The minimum atomic E-state index is -0.782. The molecule has 0 aromatic rings. The van der Waals surface area contributed by atoms with Gasteiger partial charge in [-0.25, -0.2) is 4.39 Å². The molecule has 0 N–H and O–H groups in total. The van der Waals surface area contributed by atoms with Crippen LogP contribution in [0.15, 0.2) is 0 Å². The Bertz CT molecular complexity index is 58.4. The average molecular weight is 203 g/mol. The minimum absolute atomic E-state index is 0.0602. The molecule has 0 aliphatic rings. The highest BCUT2D eigenvalue weighted by Crippen LogP contribution is 2.09. The van der Waals surface area contributed by atoms with E-state index in [1.165, 1.54) is 6.92 Å². The van der Waals surface area contributed by atoms with Gasteiger partial charge in [0.05, 0.1) is 6.17 Å². The van der Waals surface area contributed by atoms with Gasteiger partial charge in [-0.2, -0.15) is 0 Å². The van der Waals surface area contributed by atoms with Crippen LogP contribution in [0.25, 0.3) is 0 Å². The number of hydrogen-bond donors (Lipinski definition) is 0. The van der Waals surface area contributed by atoms with Gasteiger partial charge in [0.1, 0.15) is 0 Å². The molecular weight excluding hydrogens is 194 g/mol. The van der Waals surface area contributed by atoms with Crippen LogP contribution in [-0.4, -0.2) is 16.9 Å². The molecule has 0 heterocycles. The van der Waals surface area contributed by atoms with E-state index in [4.69, 9.17) is 11.6 Å². The van der Waals surface area contributed by atoms with Crippen LogP contribution in [0.3, 0.4) is 0 Å². The monoisotopic (exact) mass is 202 g/mol. The van der Waals surface area contributed by atoms with E-state index in [-0.39, 0.29) is 5.38 Å². The zero-order chi connectivity index (χ0) is 6.57. The van der Waals surface area contributed by atoms with Gasteiger partial charge in [0.25, 0.3) is 0 Å². The fourth-order valence-corrected chi connectivity index (χ4v) is 0.925. The highest BCUT2D eigenvalue weighted by Gasteiger charge is 2.06. The van der Waals surface area contributed by atoms with Crippen LogP contribution in [0, 0.1) is 0 Å². The maximum Gasteiger partial charge on any atom is 0.0987 e. The Hall–Kier alpha value is 0.700. The van der Waals surface area contributed by atoms with E-state index < -0.39 is 6.17 Å². The maximum absolute atomic E-state index is 12.0. The lowest BCUT2D eigenvalue weighted by molar-refractivity contribution is 0.341. The Balaban J connectivity index is 3.10. The summed E-state index contributed by atoms with van der Waals surface area (Å²) in [4.78, 5) is 0. The van der Waals surface area contributed by atoms with Crippen LogP contribution >= 0.6 is 27.5 Å². The summed E-state index contributed by atoms with van der Waals surface area (Å²) in [5.74, 6) is 0. The molecule has 0 rings (SSSR count). The lowest BCUT2D eigenvalue weighted by Gasteiger charge is -2.03. The molecule has 0 aromatic carbocycles. The highest BCUT2D eigenvalue weighted by atomic mass is 79.9. The van der Waals surface area contributed by atoms with Gasteiger partial charge in [-0.3, -0.25) is 0 Å². The molecule has 3 heteroatoms. The first-order valence-corrected chi connectivity index (χ1v) is 4.06. The van der Waals surface area contributed by atoms with E-state index in [1.54, 1.807) is 0 Å². The lowest BCUT2D eigenvalue weighted by atomic mass is 10.2. The summed E-state index contributed by atoms with van der Waals surface area (Å²) in [5, 5.41) is 0.609. The third-order valence-electron chi connectivity index (χ3n) is 0.748. The molecule has 0 radical (unpaired) electrons. The molecule has 0 saturated heterocycles. The highest BCUT2D eigenvalue weighted by molar-refractivity contribution is 9.09. The van der Waals surface area contributed by atoms with Crippen molar-refractivity contribution < 1.29 is 4.39 Å². The third kappa shape index (κ3) is 4.85. The molecule has 0 saturated carbocycles. The topological polar surface area (TPSA) is 0 Å². The first kappa shape index (κ1) is 8.70. The second-order valence-electron chi connectivity index (χ2n) is 1.77. The molecule has 50 valence electrons. The fraction of sp³-hybridized carbons (Fsp3) is 1.00. The molecule has 0 bridgehead atoms. The van der Waals surface area contributed by atoms with Crippen LogP contribution in [-0.2, 0) is 0 Å². The smallest absolute Gasteiger partial charge is 0.0987 e. The van der Waals surface area contributed by atoms with Crippen LogP contribution in [0.4, 0.5) is 4.39 Å². The van der Waals surface area contributed by atoms with Crippen molar-refractivity contribution in [3.63, 3.8) is 0 Å². The van der Waals surface area contributed by atoms with Gasteiger partial charge >= 0.3 is 0 Å². The Labute approximate surface area is 62.5 Å². The summed E-state index contributed by atoms with van der Waals surface area (Å²) >= 11 is 8.72. The first-order valence-electron chi connectivity index (χ1n) is 2.51. The van der Waals surface area contributed by atoms with E-state index in [0.29, 0.717) is 11.8 Å². The largest absolute Gasteiger partial charge is 0.248 e. The van der Waals surface area contributed by atoms with E-state index in [9.17, 15) is 4.39 Å². The Morgan fingerprint density at radius 1 is 1.75 bits per heavy atom. The number of halogens is 3. The quantitative estimate of drug-likeness (QED) is 0.619. The second-order valence-corrected chi connectivity index (χ2v) is 3.03. The van der Waals surface area contributed by atoms with Crippen LogP contribution in [0.5, 0.6) is 0 Å². The summed E-state index contributed by atoms with van der Waals surface area (Å²) in [7, 11) is 0. The molecule has 0 aliphatic heterocycles. The summed E-state index contributed by atoms with van der Waals surface area (Å²) in [5.41, 5.74) is 0. The van der Waals surface area contributed by atoms with Gasteiger partial charge in [-0.1, -0.05) is 15.9 Å². The maximum atomic E-state index is 12.0. The van der Waals surface area contributed by atoms with Crippen molar-refractivity contribution in [3.05, 3.63) is 0 Å². The van der Waals surface area contributed by atoms with Crippen LogP contribution in [0.2, 0.25) is 0 Å². The molecule has 0 fully saturated rings. The van der Waals surface area contributed by atoms with E-state index >= 15 is 0 Å². The van der Waals surface area contributed by atoms with Gasteiger partial charge in [0, 0.05) is 10.7 Å². The molecular formula is C5H9BrClF. The van der Waals surface area contributed by atoms with E-state index in [2.05, 4.69) is 15.9 Å².